The van der Waals surface area contributed by atoms with Crippen LogP contribution in [0.3, 0.4) is 0 Å². The Hall–Kier alpha value is -2.66. The fraction of sp³-hybridized carbons (Fsp3) is 0.0625. The summed E-state index contributed by atoms with van der Waals surface area (Å²) in [7, 11) is 0. The number of tetrazole rings is 1. The topological polar surface area (TPSA) is 105 Å². The summed E-state index contributed by atoms with van der Waals surface area (Å²) >= 11 is 6.51. The molecule has 0 saturated heterocycles. The van der Waals surface area contributed by atoms with E-state index < -0.39 is 5.91 Å². The van der Waals surface area contributed by atoms with Crippen LogP contribution in [-0.2, 0) is 11.3 Å². The lowest BCUT2D eigenvalue weighted by molar-refractivity contribution is -0.122. The van der Waals surface area contributed by atoms with Crippen molar-refractivity contribution >= 4 is 44.0 Å². The zero-order valence-corrected chi connectivity index (χ0v) is 16.6. The maximum Gasteiger partial charge on any atom is 0.263 e. The van der Waals surface area contributed by atoms with Crippen molar-refractivity contribution in [2.75, 3.05) is 0 Å². The number of halogens is 3. The zero-order valence-electron chi connectivity index (χ0n) is 13.5. The van der Waals surface area contributed by atoms with Crippen LogP contribution in [0.1, 0.15) is 5.56 Å². The van der Waals surface area contributed by atoms with Crippen molar-refractivity contribution in [1.82, 2.24) is 25.6 Å². The lowest BCUT2D eigenvalue weighted by atomic mass is 10.2. The fourth-order valence-electron chi connectivity index (χ4n) is 2.05. The number of aromatic nitrogens is 4. The van der Waals surface area contributed by atoms with Crippen molar-refractivity contribution in [2.45, 2.75) is 6.54 Å². The Morgan fingerprint density at radius 1 is 1.30 bits per heavy atom. The molecule has 1 aromatic heterocycles. The lowest BCUT2D eigenvalue weighted by Crippen LogP contribution is -2.24. The maximum atomic E-state index is 12.9. The van der Waals surface area contributed by atoms with Crippen LogP contribution in [0.15, 0.2) is 50.4 Å². The predicted molar refractivity (Wildman–Crippen MR) is 102 cm³/mol. The number of benzene rings is 2. The van der Waals surface area contributed by atoms with Crippen LogP contribution >= 0.6 is 31.9 Å². The highest BCUT2D eigenvalue weighted by atomic mass is 79.9. The van der Waals surface area contributed by atoms with Gasteiger partial charge in [-0.2, -0.15) is 9.90 Å². The predicted octanol–water partition coefficient (Wildman–Crippen LogP) is 2.86. The first-order valence-electron chi connectivity index (χ1n) is 7.46. The number of amides is 1. The van der Waals surface area contributed by atoms with E-state index in [2.05, 4.69) is 57.8 Å². The smallest absolute Gasteiger partial charge is 0.263 e. The van der Waals surface area contributed by atoms with E-state index in [0.717, 1.165) is 9.27 Å². The number of rotatable bonds is 5. The van der Waals surface area contributed by atoms with Crippen LogP contribution in [0.5, 0.6) is 5.75 Å². The van der Waals surface area contributed by atoms with Crippen LogP contribution in [0.25, 0.3) is 11.4 Å². The van der Waals surface area contributed by atoms with Crippen molar-refractivity contribution < 1.29 is 14.3 Å². The van der Waals surface area contributed by atoms with E-state index in [1.807, 2.05) is 0 Å². The number of aromatic hydroxyl groups is 1. The summed E-state index contributed by atoms with van der Waals surface area (Å²) in [5, 5.41) is 25.4. The van der Waals surface area contributed by atoms with Gasteiger partial charge in [-0.15, -0.1) is 10.2 Å². The average Bonchev–Trinajstić information content (AvgIpc) is 3.08. The number of phenolic OH excluding ortho intramolecular Hbond substituents is 1. The van der Waals surface area contributed by atoms with Gasteiger partial charge in [-0.25, -0.2) is 9.82 Å². The van der Waals surface area contributed by atoms with Crippen LogP contribution < -0.4 is 5.43 Å². The molecule has 1 heterocycles. The number of phenols is 1. The summed E-state index contributed by atoms with van der Waals surface area (Å²) in [6, 6.07) is 8.93. The number of hydrazone groups is 1. The van der Waals surface area contributed by atoms with E-state index in [9.17, 15) is 14.3 Å². The van der Waals surface area contributed by atoms with Gasteiger partial charge in [0.1, 0.15) is 18.1 Å². The number of carbonyl (C=O) groups excluding carboxylic acids is 1. The normalized spacial score (nSPS) is 11.1. The highest BCUT2D eigenvalue weighted by molar-refractivity contribution is 9.11. The third kappa shape index (κ3) is 4.95. The standard InChI is InChI=1S/C16H11Br2FN6O2/c17-11-5-10(15(27)13(18)6-11)7-20-21-14(26)8-25-23-16(22-24-25)9-1-3-12(19)4-2-9/h1-7,27H,8H2,(H,21,26)/b20-7-. The number of nitrogens with one attached hydrogen (secondary N) is 1. The SMILES string of the molecule is O=C(Cn1nnc(-c2ccc(F)cc2)n1)N/N=C\c1cc(Br)cc(Br)c1O. The summed E-state index contributed by atoms with van der Waals surface area (Å²) in [5.74, 6) is -0.581. The number of carbonyl (C=O) groups is 1. The molecule has 0 radical (unpaired) electrons. The fourth-order valence-corrected chi connectivity index (χ4v) is 3.30. The van der Waals surface area contributed by atoms with Crippen LogP contribution in [0.2, 0.25) is 0 Å². The minimum atomic E-state index is -0.483. The van der Waals surface area contributed by atoms with Gasteiger partial charge in [0.25, 0.3) is 5.91 Å². The molecule has 0 aliphatic rings. The van der Waals surface area contributed by atoms with Gasteiger partial charge < -0.3 is 5.11 Å². The molecule has 3 rings (SSSR count). The molecule has 3 aromatic rings. The molecular weight excluding hydrogens is 487 g/mol. The highest BCUT2D eigenvalue weighted by Gasteiger charge is 2.09. The molecular formula is C16H11Br2FN6O2. The molecule has 1 amide bonds. The Bertz CT molecular complexity index is 1010. The van der Waals surface area contributed by atoms with Gasteiger partial charge in [0.15, 0.2) is 0 Å². The molecule has 0 bridgehead atoms. The molecule has 8 nitrogen and oxygen atoms in total. The van der Waals surface area contributed by atoms with Gasteiger partial charge in [-0.1, -0.05) is 15.9 Å². The number of hydrogen-bond donors (Lipinski definition) is 2. The van der Waals surface area contributed by atoms with E-state index in [4.69, 9.17) is 0 Å². The second kappa shape index (κ2) is 8.35. The maximum absolute atomic E-state index is 12.9. The molecule has 0 aliphatic heterocycles. The largest absolute Gasteiger partial charge is 0.506 e. The van der Waals surface area contributed by atoms with Crippen molar-refractivity contribution in [3.63, 3.8) is 0 Å². The molecule has 0 unspecified atom stereocenters. The number of nitrogens with zero attached hydrogens (tertiary/aromatic N) is 5. The molecule has 11 heteroatoms. The van der Waals surface area contributed by atoms with Crippen LogP contribution in [0.4, 0.5) is 4.39 Å². The molecule has 2 N–H and O–H groups in total. The summed E-state index contributed by atoms with van der Waals surface area (Å²) in [5.41, 5.74) is 3.30. The minimum Gasteiger partial charge on any atom is -0.506 e. The minimum absolute atomic E-state index is 0.00178. The van der Waals surface area contributed by atoms with Gasteiger partial charge in [-0.05, 0) is 57.5 Å². The Morgan fingerprint density at radius 3 is 2.78 bits per heavy atom. The summed E-state index contributed by atoms with van der Waals surface area (Å²) in [6.45, 7) is -0.209. The average molecular weight is 498 g/mol. The van der Waals surface area contributed by atoms with E-state index in [1.165, 1.54) is 30.5 Å². The molecule has 0 aliphatic carbocycles. The molecule has 0 spiro atoms. The van der Waals surface area contributed by atoms with Crippen LogP contribution in [-0.4, -0.2) is 37.4 Å². The van der Waals surface area contributed by atoms with Gasteiger partial charge in [0.05, 0.1) is 10.7 Å². The monoisotopic (exact) mass is 496 g/mol. The van der Waals surface area contributed by atoms with Gasteiger partial charge >= 0.3 is 0 Å². The third-order valence-corrected chi connectivity index (χ3v) is 4.35. The van der Waals surface area contributed by atoms with Gasteiger partial charge in [0.2, 0.25) is 5.82 Å². The summed E-state index contributed by atoms with van der Waals surface area (Å²) in [4.78, 5) is 13.0. The Labute approximate surface area is 169 Å². The van der Waals surface area contributed by atoms with Crippen molar-refractivity contribution in [2.24, 2.45) is 5.10 Å². The van der Waals surface area contributed by atoms with E-state index in [1.54, 1.807) is 12.1 Å². The molecule has 0 atom stereocenters. The molecule has 0 fully saturated rings. The third-order valence-electron chi connectivity index (χ3n) is 3.29. The first kappa shape index (κ1) is 19.1. The zero-order chi connectivity index (χ0) is 19.4. The van der Waals surface area contributed by atoms with E-state index >= 15 is 0 Å². The van der Waals surface area contributed by atoms with E-state index in [0.29, 0.717) is 15.6 Å². The first-order chi connectivity index (χ1) is 12.9. The quantitative estimate of drug-likeness (QED) is 0.416. The van der Waals surface area contributed by atoms with Crippen LogP contribution in [0, 0.1) is 5.82 Å². The van der Waals surface area contributed by atoms with Gasteiger partial charge in [-0.3, -0.25) is 4.79 Å². The first-order valence-corrected chi connectivity index (χ1v) is 9.04. The molecule has 2 aromatic carbocycles. The Morgan fingerprint density at radius 2 is 2.04 bits per heavy atom. The molecule has 138 valence electrons. The lowest BCUT2D eigenvalue weighted by Gasteiger charge is -2.03. The summed E-state index contributed by atoms with van der Waals surface area (Å²) in [6.07, 6.45) is 1.31. The highest BCUT2D eigenvalue weighted by Crippen LogP contribution is 2.30. The van der Waals surface area contributed by atoms with Crippen molar-refractivity contribution in [1.29, 1.82) is 0 Å². The van der Waals surface area contributed by atoms with Crippen molar-refractivity contribution in [3.05, 3.63) is 56.7 Å². The Balaban J connectivity index is 1.61. The summed E-state index contributed by atoms with van der Waals surface area (Å²) < 4.78 is 14.2. The van der Waals surface area contributed by atoms with Crippen molar-refractivity contribution in [3.8, 4) is 17.1 Å². The second-order valence-corrected chi connectivity index (χ2v) is 7.04. The Kier molecular flexibility index (Phi) is 5.91. The molecule has 27 heavy (non-hydrogen) atoms. The number of hydrogen-bond acceptors (Lipinski definition) is 6. The van der Waals surface area contributed by atoms with Gasteiger partial charge in [0, 0.05) is 15.6 Å². The molecule has 0 saturated carbocycles. The second-order valence-electron chi connectivity index (χ2n) is 5.27. The van der Waals surface area contributed by atoms with E-state index in [-0.39, 0.29) is 23.9 Å².